The van der Waals surface area contributed by atoms with Gasteiger partial charge in [-0.05, 0) is 17.7 Å². The summed E-state index contributed by atoms with van der Waals surface area (Å²) in [6.45, 7) is 3.11. The monoisotopic (exact) mass is 369 g/mol. The summed E-state index contributed by atoms with van der Waals surface area (Å²) in [5.41, 5.74) is 5.82. The van der Waals surface area contributed by atoms with Crippen molar-refractivity contribution in [2.24, 2.45) is 10.7 Å². The number of halogens is 3. The molecule has 1 aromatic carbocycles. The third-order valence-electron chi connectivity index (χ3n) is 3.97. The van der Waals surface area contributed by atoms with Crippen molar-refractivity contribution in [3.05, 3.63) is 47.0 Å². The summed E-state index contributed by atoms with van der Waals surface area (Å²) in [4.78, 5) is 12.7. The molecule has 0 unspecified atom stereocenters. The summed E-state index contributed by atoms with van der Waals surface area (Å²) in [7, 11) is 0. The summed E-state index contributed by atoms with van der Waals surface area (Å²) in [6, 6.07) is 5.16. The highest BCUT2D eigenvalue weighted by Gasteiger charge is 2.30. The van der Waals surface area contributed by atoms with Gasteiger partial charge in [-0.15, -0.1) is 11.3 Å². The first kappa shape index (κ1) is 17.5. The van der Waals surface area contributed by atoms with Crippen LogP contribution in [-0.4, -0.2) is 42.0 Å². The Kier molecular flexibility index (Phi) is 5.12. The highest BCUT2D eigenvalue weighted by atomic mass is 32.1. The molecule has 0 amide bonds. The molecular weight excluding hydrogens is 351 g/mol. The molecule has 0 saturated carbocycles. The number of nitrogens with zero attached hydrogens (tertiary/aromatic N) is 4. The average molecular weight is 369 g/mol. The van der Waals surface area contributed by atoms with Gasteiger partial charge in [0.15, 0.2) is 11.1 Å². The lowest BCUT2D eigenvalue weighted by molar-refractivity contribution is -0.137. The van der Waals surface area contributed by atoms with Gasteiger partial charge in [0, 0.05) is 37.8 Å². The predicted octanol–water partition coefficient (Wildman–Crippen LogP) is 2.80. The number of hydrogen-bond acceptors (Lipinski definition) is 4. The average Bonchev–Trinajstić information content (AvgIpc) is 3.14. The van der Waals surface area contributed by atoms with Gasteiger partial charge in [-0.25, -0.2) is 9.98 Å². The fourth-order valence-electron chi connectivity index (χ4n) is 2.62. The van der Waals surface area contributed by atoms with Gasteiger partial charge in [0.2, 0.25) is 0 Å². The Morgan fingerprint density at radius 2 is 2.00 bits per heavy atom. The molecule has 0 aliphatic carbocycles. The Hall–Kier alpha value is -2.29. The van der Waals surface area contributed by atoms with Gasteiger partial charge < -0.3 is 15.5 Å². The summed E-state index contributed by atoms with van der Waals surface area (Å²) in [5.74, 6) is 0.358. The van der Waals surface area contributed by atoms with Crippen molar-refractivity contribution < 1.29 is 13.2 Å². The zero-order valence-corrected chi connectivity index (χ0v) is 14.2. The van der Waals surface area contributed by atoms with Crippen LogP contribution in [0, 0.1) is 0 Å². The van der Waals surface area contributed by atoms with E-state index in [9.17, 15) is 13.2 Å². The maximum absolute atomic E-state index is 12.7. The number of piperazine rings is 1. The lowest BCUT2D eigenvalue weighted by atomic mass is 10.1. The van der Waals surface area contributed by atoms with Crippen LogP contribution in [0.3, 0.4) is 0 Å². The van der Waals surface area contributed by atoms with Gasteiger partial charge in [0.05, 0.1) is 12.1 Å². The van der Waals surface area contributed by atoms with Crippen molar-refractivity contribution in [1.82, 2.24) is 9.88 Å². The van der Waals surface area contributed by atoms with Gasteiger partial charge in [-0.3, -0.25) is 0 Å². The molecule has 2 N–H and O–H groups in total. The third kappa shape index (κ3) is 4.41. The number of thiazole rings is 1. The van der Waals surface area contributed by atoms with Crippen LogP contribution in [0.4, 0.5) is 18.3 Å². The molecule has 1 fully saturated rings. The van der Waals surface area contributed by atoms with Gasteiger partial charge >= 0.3 is 6.18 Å². The normalized spacial score (nSPS) is 16.4. The molecule has 1 aliphatic heterocycles. The topological polar surface area (TPSA) is 57.8 Å². The molecule has 5 nitrogen and oxygen atoms in total. The number of nitrogens with two attached hydrogens (primary N) is 1. The SMILES string of the molecule is NC(=NCc1cccc(C(F)(F)F)c1)N1CCN(c2nccs2)CC1. The van der Waals surface area contributed by atoms with E-state index in [0.717, 1.165) is 30.4 Å². The molecule has 1 saturated heterocycles. The predicted molar refractivity (Wildman–Crippen MR) is 92.7 cm³/mol. The van der Waals surface area contributed by atoms with Crippen LogP contribution in [0.5, 0.6) is 0 Å². The van der Waals surface area contributed by atoms with Crippen LogP contribution in [-0.2, 0) is 12.7 Å². The second kappa shape index (κ2) is 7.30. The molecule has 0 radical (unpaired) electrons. The van der Waals surface area contributed by atoms with Gasteiger partial charge in [0.25, 0.3) is 0 Å². The van der Waals surface area contributed by atoms with Crippen LogP contribution in [0.2, 0.25) is 0 Å². The molecule has 1 aromatic heterocycles. The molecule has 0 atom stereocenters. The summed E-state index contributed by atoms with van der Waals surface area (Å²) in [6.07, 6.45) is -2.57. The Bertz CT molecular complexity index is 722. The van der Waals surface area contributed by atoms with Crippen LogP contribution in [0.25, 0.3) is 0 Å². The molecule has 0 bridgehead atoms. The first-order valence-electron chi connectivity index (χ1n) is 7.79. The van der Waals surface area contributed by atoms with E-state index in [1.165, 1.54) is 6.07 Å². The highest BCUT2D eigenvalue weighted by molar-refractivity contribution is 7.13. The first-order valence-corrected chi connectivity index (χ1v) is 8.67. The van der Waals surface area contributed by atoms with E-state index in [0.29, 0.717) is 24.6 Å². The standard InChI is InChI=1S/C16H18F3N5S/c17-16(18,19)13-3-1-2-12(10-13)11-22-14(20)23-5-7-24(8-6-23)15-21-4-9-25-15/h1-4,9-10H,5-8,11H2,(H2,20,22). The smallest absolute Gasteiger partial charge is 0.370 e. The lowest BCUT2D eigenvalue weighted by Gasteiger charge is -2.35. The molecule has 134 valence electrons. The Morgan fingerprint density at radius 3 is 2.64 bits per heavy atom. The maximum Gasteiger partial charge on any atom is 0.416 e. The fraction of sp³-hybridized carbons (Fsp3) is 0.375. The van der Waals surface area contributed by atoms with E-state index in [1.54, 1.807) is 23.6 Å². The van der Waals surface area contributed by atoms with Crippen molar-refractivity contribution in [3.8, 4) is 0 Å². The fourth-order valence-corrected chi connectivity index (χ4v) is 3.31. The van der Waals surface area contributed by atoms with E-state index in [-0.39, 0.29) is 6.54 Å². The summed E-state index contributed by atoms with van der Waals surface area (Å²) in [5, 5.41) is 2.92. The number of aliphatic imine (C=N–C) groups is 1. The number of alkyl halides is 3. The van der Waals surface area contributed by atoms with Crippen LogP contribution in [0.1, 0.15) is 11.1 Å². The molecule has 25 heavy (non-hydrogen) atoms. The molecule has 1 aliphatic rings. The zero-order valence-electron chi connectivity index (χ0n) is 13.4. The van der Waals surface area contributed by atoms with Crippen LogP contribution in [0.15, 0.2) is 40.8 Å². The second-order valence-corrected chi connectivity index (χ2v) is 6.53. The van der Waals surface area contributed by atoms with Gasteiger partial charge in [0.1, 0.15) is 0 Å². The molecule has 2 heterocycles. The molecule has 9 heteroatoms. The third-order valence-corrected chi connectivity index (χ3v) is 4.80. The highest BCUT2D eigenvalue weighted by Crippen LogP contribution is 2.29. The van der Waals surface area contributed by atoms with E-state index in [1.807, 2.05) is 10.3 Å². The number of guanidine groups is 1. The Labute approximate surface area is 147 Å². The summed E-state index contributed by atoms with van der Waals surface area (Å²) < 4.78 is 38.2. The number of rotatable bonds is 3. The van der Waals surface area contributed by atoms with E-state index in [2.05, 4.69) is 14.9 Å². The Balaban J connectivity index is 1.58. The van der Waals surface area contributed by atoms with Crippen molar-refractivity contribution in [2.75, 3.05) is 31.1 Å². The summed E-state index contributed by atoms with van der Waals surface area (Å²) >= 11 is 1.59. The van der Waals surface area contributed by atoms with Crippen LogP contribution < -0.4 is 10.6 Å². The minimum atomic E-state index is -4.35. The molecule has 3 rings (SSSR count). The second-order valence-electron chi connectivity index (χ2n) is 5.66. The van der Waals surface area contributed by atoms with Crippen molar-refractivity contribution in [2.45, 2.75) is 12.7 Å². The van der Waals surface area contributed by atoms with Crippen molar-refractivity contribution in [1.29, 1.82) is 0 Å². The van der Waals surface area contributed by atoms with Gasteiger partial charge in [-0.2, -0.15) is 13.2 Å². The van der Waals surface area contributed by atoms with Crippen molar-refractivity contribution in [3.63, 3.8) is 0 Å². The van der Waals surface area contributed by atoms with Crippen LogP contribution >= 0.6 is 11.3 Å². The molecular formula is C16H18F3N5S. The van der Waals surface area contributed by atoms with Gasteiger partial charge in [-0.1, -0.05) is 12.1 Å². The number of aromatic nitrogens is 1. The van der Waals surface area contributed by atoms with E-state index < -0.39 is 11.7 Å². The number of benzene rings is 1. The Morgan fingerprint density at radius 1 is 1.24 bits per heavy atom. The van der Waals surface area contributed by atoms with E-state index in [4.69, 9.17) is 5.73 Å². The molecule has 0 spiro atoms. The maximum atomic E-state index is 12.7. The first-order chi connectivity index (χ1) is 11.9. The number of hydrogen-bond donors (Lipinski definition) is 1. The van der Waals surface area contributed by atoms with E-state index >= 15 is 0 Å². The molecule has 2 aromatic rings. The number of anilines is 1. The van der Waals surface area contributed by atoms with Crippen molar-refractivity contribution >= 4 is 22.4 Å². The zero-order chi connectivity index (χ0) is 17.9. The lowest BCUT2D eigenvalue weighted by Crippen LogP contribution is -2.51. The minimum absolute atomic E-state index is 0.127. The minimum Gasteiger partial charge on any atom is -0.370 e. The largest absolute Gasteiger partial charge is 0.416 e. The quantitative estimate of drug-likeness (QED) is 0.668.